The highest BCUT2D eigenvalue weighted by Gasteiger charge is 2.31. The number of nitrogens with one attached hydrogen (secondary N) is 1. The maximum atomic E-state index is 12.7. The molecule has 0 fully saturated rings. The molecule has 1 unspecified atom stereocenters. The van der Waals surface area contributed by atoms with E-state index in [0.29, 0.717) is 17.1 Å². The van der Waals surface area contributed by atoms with Gasteiger partial charge in [-0.15, -0.1) is 0 Å². The number of hydrogen-bond donors (Lipinski definition) is 1. The number of sulfonamides is 1. The molecule has 1 N–H and O–H groups in total. The average Bonchev–Trinajstić information content (AvgIpc) is 2.77. The molecule has 1 aliphatic heterocycles. The highest BCUT2D eigenvalue weighted by Crippen LogP contribution is 2.35. The van der Waals surface area contributed by atoms with Crippen LogP contribution in [0, 0.1) is 13.8 Å². The molecule has 8 heteroatoms. The quantitative estimate of drug-likeness (QED) is 0.771. The molecule has 2 aromatic carbocycles. The van der Waals surface area contributed by atoms with E-state index in [1.807, 2.05) is 32.0 Å². The van der Waals surface area contributed by atoms with Gasteiger partial charge in [0.15, 0.2) is 6.10 Å². The molecule has 1 atom stereocenters. The lowest BCUT2D eigenvalue weighted by Gasteiger charge is -2.21. The minimum Gasteiger partial charge on any atom is -0.478 e. The van der Waals surface area contributed by atoms with Gasteiger partial charge in [0.2, 0.25) is 10.0 Å². The van der Waals surface area contributed by atoms with Crippen LogP contribution < -0.4 is 14.4 Å². The van der Waals surface area contributed by atoms with Crippen LogP contribution >= 0.6 is 15.9 Å². The van der Waals surface area contributed by atoms with E-state index < -0.39 is 16.1 Å². The summed E-state index contributed by atoms with van der Waals surface area (Å²) in [4.78, 5) is 12.7. The van der Waals surface area contributed by atoms with Gasteiger partial charge in [0.05, 0.1) is 11.9 Å². The number of ether oxygens (including phenoxy) is 1. The number of carbonyl (C=O) groups excluding carboxylic acids is 1. The van der Waals surface area contributed by atoms with Crippen LogP contribution in [0.4, 0.5) is 11.4 Å². The molecule has 1 heterocycles. The van der Waals surface area contributed by atoms with Crippen molar-refractivity contribution in [3.8, 4) is 5.75 Å². The van der Waals surface area contributed by atoms with Gasteiger partial charge < -0.3 is 10.1 Å². The molecule has 0 radical (unpaired) electrons. The molecule has 0 saturated carbocycles. The molecule has 27 heavy (non-hydrogen) atoms. The minimum atomic E-state index is -3.48. The summed E-state index contributed by atoms with van der Waals surface area (Å²) in [6.45, 7) is 3.99. The molecule has 0 aromatic heterocycles. The first kappa shape index (κ1) is 19.7. The number of carbonyl (C=O) groups is 1. The fourth-order valence-corrected chi connectivity index (χ4v) is 4.15. The number of benzene rings is 2. The third-order valence-corrected chi connectivity index (χ3v) is 6.43. The Kier molecular flexibility index (Phi) is 5.48. The Morgan fingerprint density at radius 3 is 2.63 bits per heavy atom. The highest BCUT2D eigenvalue weighted by atomic mass is 79.9. The summed E-state index contributed by atoms with van der Waals surface area (Å²) in [7, 11) is -3.48. The summed E-state index contributed by atoms with van der Waals surface area (Å²) in [5.74, 6) is 0.0780. The molecule has 0 spiro atoms. The predicted octanol–water partition coefficient (Wildman–Crippen LogP) is 3.62. The van der Waals surface area contributed by atoms with Crippen molar-refractivity contribution >= 4 is 43.2 Å². The summed E-state index contributed by atoms with van der Waals surface area (Å²) in [6.07, 6.45) is 0.619. The lowest BCUT2D eigenvalue weighted by molar-refractivity contribution is -0.122. The van der Waals surface area contributed by atoms with E-state index in [2.05, 4.69) is 21.2 Å². The van der Waals surface area contributed by atoms with Gasteiger partial charge in [-0.05, 0) is 55.3 Å². The number of hydrogen-bond acceptors (Lipinski definition) is 4. The van der Waals surface area contributed by atoms with Crippen LogP contribution in [0.15, 0.2) is 40.9 Å². The monoisotopic (exact) mass is 452 g/mol. The van der Waals surface area contributed by atoms with Gasteiger partial charge in [0.25, 0.3) is 5.91 Å². The summed E-state index contributed by atoms with van der Waals surface area (Å²) in [6, 6.07) is 10.8. The maximum Gasteiger partial charge on any atom is 0.265 e. The van der Waals surface area contributed by atoms with Crippen molar-refractivity contribution in [3.63, 3.8) is 0 Å². The lowest BCUT2D eigenvalue weighted by Crippen LogP contribution is -2.36. The van der Waals surface area contributed by atoms with Crippen LogP contribution in [-0.4, -0.2) is 33.2 Å². The molecule has 6 nitrogen and oxygen atoms in total. The van der Waals surface area contributed by atoms with E-state index in [-0.39, 0.29) is 18.9 Å². The van der Waals surface area contributed by atoms with Crippen molar-refractivity contribution in [2.75, 3.05) is 22.4 Å². The van der Waals surface area contributed by atoms with E-state index in [9.17, 15) is 13.2 Å². The largest absolute Gasteiger partial charge is 0.478 e. The van der Waals surface area contributed by atoms with Gasteiger partial charge in [-0.25, -0.2) is 8.42 Å². The Morgan fingerprint density at radius 2 is 1.96 bits per heavy atom. The Morgan fingerprint density at radius 1 is 1.22 bits per heavy atom. The van der Waals surface area contributed by atoms with Crippen LogP contribution in [0.2, 0.25) is 0 Å². The highest BCUT2D eigenvalue weighted by molar-refractivity contribution is 9.10. The molecular weight excluding hydrogens is 432 g/mol. The average molecular weight is 453 g/mol. The SMILES string of the molecule is Cc1ccc2c(c1)N(S(C)(=O)=O)CCC(C(=O)Nc1ccc(Br)c(C)c1)O2. The number of fused-ring (bicyclic) bond motifs is 1. The van der Waals surface area contributed by atoms with Crippen molar-refractivity contribution < 1.29 is 17.9 Å². The van der Waals surface area contributed by atoms with Crippen molar-refractivity contribution in [2.24, 2.45) is 0 Å². The van der Waals surface area contributed by atoms with Crippen molar-refractivity contribution in [3.05, 3.63) is 52.0 Å². The van der Waals surface area contributed by atoms with Crippen LogP contribution in [0.5, 0.6) is 5.75 Å². The van der Waals surface area contributed by atoms with Gasteiger partial charge in [-0.2, -0.15) is 0 Å². The first-order chi connectivity index (χ1) is 12.6. The first-order valence-corrected chi connectivity index (χ1v) is 11.1. The number of halogens is 1. The van der Waals surface area contributed by atoms with Crippen LogP contribution in [-0.2, 0) is 14.8 Å². The van der Waals surface area contributed by atoms with Crippen molar-refractivity contribution in [1.82, 2.24) is 0 Å². The third-order valence-electron chi connectivity index (χ3n) is 4.36. The van der Waals surface area contributed by atoms with E-state index in [1.54, 1.807) is 18.2 Å². The summed E-state index contributed by atoms with van der Waals surface area (Å²) in [5.41, 5.74) is 3.04. The first-order valence-electron chi connectivity index (χ1n) is 8.47. The molecule has 0 aliphatic carbocycles. The zero-order valence-corrected chi connectivity index (χ0v) is 17.7. The third kappa shape index (κ3) is 4.44. The molecule has 2 aromatic rings. The number of aryl methyl sites for hydroxylation is 2. The summed E-state index contributed by atoms with van der Waals surface area (Å²) in [5, 5.41) is 2.85. The van der Waals surface area contributed by atoms with Gasteiger partial charge in [0, 0.05) is 23.1 Å². The van der Waals surface area contributed by atoms with Crippen LogP contribution in [0.3, 0.4) is 0 Å². The summed E-state index contributed by atoms with van der Waals surface area (Å²) < 4.78 is 32.6. The molecule has 144 valence electrons. The zero-order chi connectivity index (χ0) is 19.8. The molecular formula is C19H21BrN2O4S. The second-order valence-electron chi connectivity index (χ2n) is 6.65. The van der Waals surface area contributed by atoms with E-state index in [0.717, 1.165) is 21.9 Å². The standard InChI is InChI=1S/C19H21BrN2O4S/c1-12-4-7-17-16(10-12)22(27(3,24)25)9-8-18(26-17)19(23)21-14-5-6-15(20)13(2)11-14/h4-7,10-11,18H,8-9H2,1-3H3,(H,21,23). The van der Waals surface area contributed by atoms with E-state index >= 15 is 0 Å². The number of nitrogens with zero attached hydrogens (tertiary/aromatic N) is 1. The maximum absolute atomic E-state index is 12.7. The summed E-state index contributed by atoms with van der Waals surface area (Å²) >= 11 is 3.43. The normalized spacial score (nSPS) is 16.9. The van der Waals surface area contributed by atoms with Crippen molar-refractivity contribution in [2.45, 2.75) is 26.4 Å². The second-order valence-corrected chi connectivity index (χ2v) is 9.42. The number of amides is 1. The molecule has 3 rings (SSSR count). The Labute approximate surface area is 167 Å². The number of anilines is 2. The Bertz CT molecular complexity index is 991. The topological polar surface area (TPSA) is 75.7 Å². The Balaban J connectivity index is 1.87. The molecule has 1 amide bonds. The van der Waals surface area contributed by atoms with E-state index in [4.69, 9.17) is 4.74 Å². The predicted molar refractivity (Wildman–Crippen MR) is 110 cm³/mol. The van der Waals surface area contributed by atoms with Gasteiger partial charge >= 0.3 is 0 Å². The molecule has 1 aliphatic rings. The molecule has 0 saturated heterocycles. The zero-order valence-electron chi connectivity index (χ0n) is 15.3. The molecule has 0 bridgehead atoms. The Hall–Kier alpha value is -2.06. The lowest BCUT2D eigenvalue weighted by atomic mass is 10.2. The van der Waals surface area contributed by atoms with Gasteiger partial charge in [-0.3, -0.25) is 9.10 Å². The van der Waals surface area contributed by atoms with E-state index in [1.165, 1.54) is 4.31 Å². The van der Waals surface area contributed by atoms with Gasteiger partial charge in [0.1, 0.15) is 5.75 Å². The van der Waals surface area contributed by atoms with Crippen LogP contribution in [0.1, 0.15) is 17.5 Å². The number of rotatable bonds is 3. The fourth-order valence-electron chi connectivity index (χ4n) is 2.96. The van der Waals surface area contributed by atoms with Gasteiger partial charge in [-0.1, -0.05) is 22.0 Å². The smallest absolute Gasteiger partial charge is 0.265 e. The fraction of sp³-hybridized carbons (Fsp3) is 0.316. The second kappa shape index (κ2) is 7.52. The van der Waals surface area contributed by atoms with Crippen LogP contribution in [0.25, 0.3) is 0 Å². The minimum absolute atomic E-state index is 0.173. The van der Waals surface area contributed by atoms with Crippen molar-refractivity contribution in [1.29, 1.82) is 0 Å².